The van der Waals surface area contributed by atoms with Gasteiger partial charge >= 0.3 is 5.97 Å². The van der Waals surface area contributed by atoms with Gasteiger partial charge in [0, 0.05) is 6.04 Å². The number of likely N-dealkylation sites (tertiary alicyclic amines) is 1. The van der Waals surface area contributed by atoms with Gasteiger partial charge in [-0.15, -0.1) is 0 Å². The Morgan fingerprint density at radius 1 is 1.38 bits per heavy atom. The van der Waals surface area contributed by atoms with Crippen LogP contribution >= 0.6 is 0 Å². The number of carbonyl (C=O) groups is 1. The van der Waals surface area contributed by atoms with Crippen molar-refractivity contribution in [2.24, 2.45) is 0 Å². The van der Waals surface area contributed by atoms with Gasteiger partial charge in [-0.25, -0.2) is 0 Å². The van der Waals surface area contributed by atoms with Crippen LogP contribution in [-0.2, 0) is 4.79 Å². The predicted molar refractivity (Wildman–Crippen MR) is 86.7 cm³/mol. The number of rotatable bonds is 9. The Balaban J connectivity index is 2.36. The average molecular weight is 299 g/mol. The lowest BCUT2D eigenvalue weighted by molar-refractivity contribution is -0.145. The molecule has 124 valence electrons. The summed E-state index contributed by atoms with van der Waals surface area (Å²) in [4.78, 5) is 16.4. The minimum Gasteiger partial charge on any atom is -0.480 e. The van der Waals surface area contributed by atoms with Crippen molar-refractivity contribution in [2.45, 2.75) is 57.5 Å². The van der Waals surface area contributed by atoms with Crippen LogP contribution in [0.3, 0.4) is 0 Å². The molecule has 0 spiro atoms. The summed E-state index contributed by atoms with van der Waals surface area (Å²) in [5, 5.41) is 12.4. The van der Waals surface area contributed by atoms with Crippen LogP contribution in [0.2, 0.25) is 0 Å². The van der Waals surface area contributed by atoms with Crippen LogP contribution in [0, 0.1) is 0 Å². The molecule has 5 nitrogen and oxygen atoms in total. The van der Waals surface area contributed by atoms with Crippen molar-refractivity contribution in [1.82, 2.24) is 15.1 Å². The Morgan fingerprint density at radius 2 is 2.00 bits per heavy atom. The molecule has 1 heterocycles. The van der Waals surface area contributed by atoms with Crippen molar-refractivity contribution in [2.75, 3.05) is 40.3 Å². The highest BCUT2D eigenvalue weighted by Gasteiger charge is 2.34. The summed E-state index contributed by atoms with van der Waals surface area (Å²) < 4.78 is 0. The monoisotopic (exact) mass is 299 g/mol. The molecule has 0 aliphatic carbocycles. The maximum Gasteiger partial charge on any atom is 0.323 e. The molecular formula is C16H33N3O2. The first-order valence-corrected chi connectivity index (χ1v) is 8.34. The largest absolute Gasteiger partial charge is 0.480 e. The number of nitrogens with one attached hydrogen (secondary N) is 1. The van der Waals surface area contributed by atoms with Crippen molar-refractivity contribution >= 4 is 5.97 Å². The third-order valence-corrected chi connectivity index (χ3v) is 5.23. The topological polar surface area (TPSA) is 55.8 Å². The molecule has 2 N–H and O–H groups in total. The molecule has 21 heavy (non-hydrogen) atoms. The molecule has 1 aliphatic rings. The van der Waals surface area contributed by atoms with E-state index in [4.69, 9.17) is 0 Å². The smallest absolute Gasteiger partial charge is 0.323 e. The minimum atomic E-state index is -0.758. The molecule has 0 bridgehead atoms. The Hall–Kier alpha value is -0.650. The second kappa shape index (κ2) is 8.71. The zero-order valence-corrected chi connectivity index (χ0v) is 14.2. The molecule has 0 radical (unpaired) electrons. The fourth-order valence-electron chi connectivity index (χ4n) is 3.33. The Labute approximate surface area is 129 Å². The van der Waals surface area contributed by atoms with Crippen LogP contribution in [0.15, 0.2) is 0 Å². The summed E-state index contributed by atoms with van der Waals surface area (Å²) in [6.07, 6.45) is 4.69. The molecule has 0 aromatic heterocycles. The van der Waals surface area contributed by atoms with Crippen molar-refractivity contribution in [1.29, 1.82) is 0 Å². The molecule has 1 aliphatic heterocycles. The number of aliphatic carboxylic acids is 1. The predicted octanol–water partition coefficient (Wildman–Crippen LogP) is 1.64. The first-order chi connectivity index (χ1) is 9.99. The van der Waals surface area contributed by atoms with Crippen LogP contribution in [0.1, 0.15) is 46.0 Å². The highest BCUT2D eigenvalue weighted by atomic mass is 16.4. The van der Waals surface area contributed by atoms with Crippen LogP contribution in [0.25, 0.3) is 0 Å². The minimum absolute atomic E-state index is 0.622. The lowest BCUT2D eigenvalue weighted by atomic mass is 9.90. The normalized spacial score (nSPS) is 20.6. The number of hydrogen-bond donors (Lipinski definition) is 2. The average Bonchev–Trinajstić information content (AvgIpc) is 2.51. The summed E-state index contributed by atoms with van der Waals surface area (Å²) in [6, 6.07) is 0.656. The van der Waals surface area contributed by atoms with Gasteiger partial charge in [-0.1, -0.05) is 13.8 Å². The second-order valence-corrected chi connectivity index (χ2v) is 6.24. The molecule has 1 unspecified atom stereocenters. The molecule has 0 amide bonds. The van der Waals surface area contributed by atoms with E-state index >= 15 is 0 Å². The zero-order valence-electron chi connectivity index (χ0n) is 14.2. The molecule has 1 rings (SSSR count). The number of nitrogens with zero attached hydrogens (tertiary/aromatic N) is 2. The number of carboxylic acids is 1. The number of carboxylic acid groups (broad SMARTS) is 1. The van der Waals surface area contributed by atoms with Gasteiger partial charge in [0.1, 0.15) is 5.54 Å². The summed E-state index contributed by atoms with van der Waals surface area (Å²) in [5.41, 5.74) is -0.758. The van der Waals surface area contributed by atoms with Gasteiger partial charge in [0.2, 0.25) is 0 Å². The molecule has 1 atom stereocenters. The van der Waals surface area contributed by atoms with Crippen LogP contribution in [-0.4, -0.2) is 72.7 Å². The van der Waals surface area contributed by atoms with Crippen molar-refractivity contribution < 1.29 is 9.90 Å². The van der Waals surface area contributed by atoms with Crippen LogP contribution in [0.5, 0.6) is 0 Å². The molecule has 0 aromatic carbocycles. The number of piperidine rings is 1. The zero-order chi connectivity index (χ0) is 15.9. The van der Waals surface area contributed by atoms with Gasteiger partial charge in [-0.2, -0.15) is 0 Å². The van der Waals surface area contributed by atoms with Crippen LogP contribution < -0.4 is 5.32 Å². The lowest BCUT2D eigenvalue weighted by Gasteiger charge is -2.37. The fourth-order valence-corrected chi connectivity index (χ4v) is 3.33. The maximum absolute atomic E-state index is 11.4. The number of hydrogen-bond acceptors (Lipinski definition) is 4. The van der Waals surface area contributed by atoms with E-state index < -0.39 is 11.5 Å². The van der Waals surface area contributed by atoms with Gasteiger partial charge in [-0.05, 0) is 72.4 Å². The SMILES string of the molecule is CCN1CCC(N(C)CCCC(CC)(NC)C(=O)O)CC1. The Bertz CT molecular complexity index is 311. The lowest BCUT2D eigenvalue weighted by Crippen LogP contribution is -2.50. The molecule has 0 aromatic rings. The molecule has 0 saturated carbocycles. The fraction of sp³-hybridized carbons (Fsp3) is 0.938. The third-order valence-electron chi connectivity index (χ3n) is 5.23. The van der Waals surface area contributed by atoms with E-state index in [2.05, 4.69) is 29.1 Å². The van der Waals surface area contributed by atoms with Gasteiger partial charge in [0.05, 0.1) is 0 Å². The Morgan fingerprint density at radius 3 is 2.43 bits per heavy atom. The van der Waals surface area contributed by atoms with E-state index in [1.165, 1.54) is 25.9 Å². The third kappa shape index (κ3) is 4.94. The van der Waals surface area contributed by atoms with Crippen molar-refractivity contribution in [3.8, 4) is 0 Å². The van der Waals surface area contributed by atoms with Gasteiger partial charge < -0.3 is 20.2 Å². The van der Waals surface area contributed by atoms with E-state index in [-0.39, 0.29) is 0 Å². The van der Waals surface area contributed by atoms with E-state index in [1.54, 1.807) is 7.05 Å². The van der Waals surface area contributed by atoms with Crippen molar-refractivity contribution in [3.05, 3.63) is 0 Å². The van der Waals surface area contributed by atoms with E-state index in [1.807, 2.05) is 6.92 Å². The van der Waals surface area contributed by atoms with Crippen LogP contribution in [0.4, 0.5) is 0 Å². The number of likely N-dealkylation sites (N-methyl/N-ethyl adjacent to an activating group) is 1. The molecule has 1 saturated heterocycles. The second-order valence-electron chi connectivity index (χ2n) is 6.24. The summed E-state index contributed by atoms with van der Waals surface area (Å²) in [7, 11) is 3.93. The van der Waals surface area contributed by atoms with Gasteiger partial charge in [-0.3, -0.25) is 4.79 Å². The standard InChI is InChI=1S/C16H33N3O2/c1-5-16(17-3,15(20)21)10-7-11-18(4)14-8-12-19(6-2)13-9-14/h14,17H,5-13H2,1-4H3,(H,20,21). The highest BCUT2D eigenvalue weighted by molar-refractivity contribution is 5.78. The Kier molecular flexibility index (Phi) is 7.63. The first kappa shape index (κ1) is 18.4. The first-order valence-electron chi connectivity index (χ1n) is 8.34. The van der Waals surface area contributed by atoms with E-state index in [9.17, 15) is 9.90 Å². The quantitative estimate of drug-likeness (QED) is 0.678. The van der Waals surface area contributed by atoms with E-state index in [0.717, 1.165) is 19.5 Å². The summed E-state index contributed by atoms with van der Waals surface area (Å²) in [5.74, 6) is -0.730. The summed E-state index contributed by atoms with van der Waals surface area (Å²) in [6.45, 7) is 8.67. The van der Waals surface area contributed by atoms with Gasteiger partial charge in [0.25, 0.3) is 0 Å². The highest BCUT2D eigenvalue weighted by Crippen LogP contribution is 2.20. The van der Waals surface area contributed by atoms with Gasteiger partial charge in [0.15, 0.2) is 0 Å². The van der Waals surface area contributed by atoms with Crippen molar-refractivity contribution in [3.63, 3.8) is 0 Å². The molecule has 1 fully saturated rings. The van der Waals surface area contributed by atoms with E-state index in [0.29, 0.717) is 18.9 Å². The molecular weight excluding hydrogens is 266 g/mol. The maximum atomic E-state index is 11.4. The summed E-state index contributed by atoms with van der Waals surface area (Å²) >= 11 is 0. The molecule has 5 heteroatoms.